The molecule has 5 aliphatic rings. The van der Waals surface area contributed by atoms with Crippen LogP contribution < -0.4 is 0 Å². The number of aliphatic hydroxyl groups is 2. The lowest BCUT2D eigenvalue weighted by molar-refractivity contribution is -0.172. The van der Waals surface area contributed by atoms with Gasteiger partial charge in [-0.25, -0.2) is 0 Å². The lowest BCUT2D eigenvalue weighted by Gasteiger charge is -2.66. The normalized spacial score (nSPS) is 48.6. The maximum atomic E-state index is 12.9. The fourth-order valence-electron chi connectivity index (χ4n) is 9.54. The Hall–Kier alpha value is -0.970. The second-order valence-corrected chi connectivity index (χ2v) is 14.3. The first kappa shape index (κ1) is 24.7. The molecule has 0 spiro atoms. The molecule has 0 bridgehead atoms. The Morgan fingerprint density at radius 2 is 1.82 bits per heavy atom. The van der Waals surface area contributed by atoms with Crippen LogP contribution >= 0.6 is 0 Å². The summed E-state index contributed by atoms with van der Waals surface area (Å²) in [5.74, 6) is 1.62. The highest BCUT2D eigenvalue weighted by Crippen LogP contribution is 2.73. The van der Waals surface area contributed by atoms with Crippen molar-refractivity contribution in [2.24, 2.45) is 39.4 Å². The second kappa shape index (κ2) is 7.29. The van der Waals surface area contributed by atoms with Gasteiger partial charge in [0.25, 0.3) is 0 Å². The molecule has 3 fully saturated rings. The van der Waals surface area contributed by atoms with Crippen molar-refractivity contribution in [1.29, 1.82) is 0 Å². The Morgan fingerprint density at radius 1 is 1.15 bits per heavy atom. The van der Waals surface area contributed by atoms with E-state index in [4.69, 9.17) is 4.74 Å². The summed E-state index contributed by atoms with van der Waals surface area (Å²) in [7, 11) is 0. The minimum atomic E-state index is -1.18. The molecule has 9 atom stereocenters. The van der Waals surface area contributed by atoms with Crippen LogP contribution in [-0.4, -0.2) is 39.9 Å². The van der Waals surface area contributed by atoms with Crippen LogP contribution in [0, 0.1) is 39.4 Å². The third kappa shape index (κ3) is 3.03. The van der Waals surface area contributed by atoms with Crippen molar-refractivity contribution in [3.8, 4) is 0 Å². The SMILES string of the molecule is C[C@@H]1C[C@@H]([C@@H](O)C(C)(C)O)O[C@H]2C[C@@]3(C)C(=C12)C=C[C@H]1[C@@]2(C)CCC(=O)C(C)(C)[C@@H]2CC[C@@]13C. The van der Waals surface area contributed by atoms with Gasteiger partial charge in [0.05, 0.1) is 17.8 Å². The highest BCUT2D eigenvalue weighted by atomic mass is 16.5. The molecule has 0 aromatic rings. The molecule has 34 heavy (non-hydrogen) atoms. The summed E-state index contributed by atoms with van der Waals surface area (Å²) >= 11 is 0. The van der Waals surface area contributed by atoms with Crippen LogP contribution in [0.15, 0.2) is 23.3 Å². The van der Waals surface area contributed by atoms with E-state index in [1.807, 2.05) is 0 Å². The molecule has 0 radical (unpaired) electrons. The molecule has 1 heterocycles. The third-order valence-corrected chi connectivity index (χ3v) is 11.7. The number of aliphatic hydroxyl groups excluding tert-OH is 1. The van der Waals surface area contributed by atoms with Crippen molar-refractivity contribution >= 4 is 5.78 Å². The van der Waals surface area contributed by atoms with Gasteiger partial charge in [-0.1, -0.05) is 53.7 Å². The molecule has 0 amide bonds. The van der Waals surface area contributed by atoms with Gasteiger partial charge in [-0.2, -0.15) is 0 Å². The molecule has 4 heteroatoms. The predicted octanol–water partition coefficient (Wildman–Crippen LogP) is 5.62. The van der Waals surface area contributed by atoms with E-state index in [2.05, 4.69) is 53.7 Å². The summed E-state index contributed by atoms with van der Waals surface area (Å²) in [6.07, 6.45) is 9.29. The van der Waals surface area contributed by atoms with Crippen LogP contribution in [0.2, 0.25) is 0 Å². The number of ketones is 1. The molecular formula is C30H46O4. The van der Waals surface area contributed by atoms with Crippen LogP contribution in [0.25, 0.3) is 0 Å². The molecule has 4 aliphatic carbocycles. The first-order valence-corrected chi connectivity index (χ1v) is 13.6. The average Bonchev–Trinajstić information content (AvgIpc) is 3.03. The predicted molar refractivity (Wildman–Crippen MR) is 134 cm³/mol. The summed E-state index contributed by atoms with van der Waals surface area (Å²) in [5.41, 5.74) is 1.70. The first-order chi connectivity index (χ1) is 15.6. The van der Waals surface area contributed by atoms with Crippen molar-refractivity contribution in [2.75, 3.05) is 0 Å². The molecule has 5 rings (SSSR count). The standard InChI is InChI=1S/C30H46O4/c1-17-15-19(25(32)27(4,5)33)34-20-16-30(8)18(24(17)20)9-10-22-28(6)13-12-23(31)26(2,3)21(28)11-14-29(22,30)7/h9-10,17,19-22,25,32-33H,11-16H2,1-8H3/t17-,19+,20+,21+,22+,25-,28+,29+,30+/m1/s1. The van der Waals surface area contributed by atoms with Gasteiger partial charge in [-0.3, -0.25) is 4.79 Å². The van der Waals surface area contributed by atoms with Crippen molar-refractivity contribution in [3.05, 3.63) is 23.3 Å². The van der Waals surface area contributed by atoms with Crippen LogP contribution in [0.1, 0.15) is 93.9 Å². The van der Waals surface area contributed by atoms with E-state index >= 15 is 0 Å². The number of fused-ring (bicyclic) bond motifs is 6. The highest BCUT2D eigenvalue weighted by molar-refractivity contribution is 5.85. The number of carbonyl (C=O) groups excluding carboxylic acids is 1. The van der Waals surface area contributed by atoms with E-state index in [0.29, 0.717) is 30.0 Å². The summed E-state index contributed by atoms with van der Waals surface area (Å²) in [6, 6.07) is 0. The van der Waals surface area contributed by atoms with Crippen LogP contribution in [0.5, 0.6) is 0 Å². The van der Waals surface area contributed by atoms with Gasteiger partial charge < -0.3 is 14.9 Å². The molecular weight excluding hydrogens is 424 g/mol. The van der Waals surface area contributed by atoms with E-state index in [9.17, 15) is 15.0 Å². The van der Waals surface area contributed by atoms with Crippen molar-refractivity contribution in [2.45, 2.75) is 118 Å². The van der Waals surface area contributed by atoms with E-state index in [1.54, 1.807) is 13.8 Å². The number of rotatable bonds is 2. The summed E-state index contributed by atoms with van der Waals surface area (Å²) in [5, 5.41) is 21.3. The van der Waals surface area contributed by atoms with Crippen molar-refractivity contribution < 1.29 is 19.7 Å². The lowest BCUT2D eigenvalue weighted by atomic mass is 9.37. The van der Waals surface area contributed by atoms with E-state index in [-0.39, 0.29) is 33.9 Å². The molecule has 0 aromatic carbocycles. The first-order valence-electron chi connectivity index (χ1n) is 13.6. The molecule has 0 aromatic heterocycles. The van der Waals surface area contributed by atoms with Crippen molar-refractivity contribution in [3.63, 3.8) is 0 Å². The third-order valence-electron chi connectivity index (χ3n) is 11.7. The second-order valence-electron chi connectivity index (χ2n) is 14.3. The van der Waals surface area contributed by atoms with Gasteiger partial charge in [-0.05, 0) is 85.7 Å². The molecule has 2 saturated carbocycles. The van der Waals surface area contributed by atoms with E-state index < -0.39 is 11.7 Å². The summed E-state index contributed by atoms with van der Waals surface area (Å²) < 4.78 is 6.58. The molecule has 190 valence electrons. The van der Waals surface area contributed by atoms with Gasteiger partial charge >= 0.3 is 0 Å². The fraction of sp³-hybridized carbons (Fsp3) is 0.833. The minimum absolute atomic E-state index is 0.000814. The number of hydrogen-bond acceptors (Lipinski definition) is 4. The lowest BCUT2D eigenvalue weighted by Crippen LogP contribution is -2.61. The Morgan fingerprint density at radius 3 is 2.47 bits per heavy atom. The highest BCUT2D eigenvalue weighted by Gasteiger charge is 2.67. The zero-order valence-corrected chi connectivity index (χ0v) is 22.6. The maximum Gasteiger partial charge on any atom is 0.138 e. The molecule has 1 aliphatic heterocycles. The summed E-state index contributed by atoms with van der Waals surface area (Å²) in [6.45, 7) is 17.4. The van der Waals surface area contributed by atoms with Gasteiger partial charge in [0.1, 0.15) is 11.9 Å². The maximum absolute atomic E-state index is 12.9. The monoisotopic (exact) mass is 470 g/mol. The topological polar surface area (TPSA) is 66.8 Å². The van der Waals surface area contributed by atoms with E-state index in [0.717, 1.165) is 32.1 Å². The zero-order valence-electron chi connectivity index (χ0n) is 22.6. The van der Waals surface area contributed by atoms with E-state index in [1.165, 1.54) is 11.1 Å². The summed E-state index contributed by atoms with van der Waals surface area (Å²) in [4.78, 5) is 12.9. The molecule has 2 N–H and O–H groups in total. The number of Topliss-reactive ketones (excluding diaryl/α,β-unsaturated/α-hetero) is 1. The largest absolute Gasteiger partial charge is 0.388 e. The Kier molecular flexibility index (Phi) is 5.30. The Bertz CT molecular complexity index is 953. The quantitative estimate of drug-likeness (QED) is 0.550. The fourth-order valence-corrected chi connectivity index (χ4v) is 9.54. The Balaban J connectivity index is 1.52. The number of carbonyl (C=O) groups is 1. The zero-order chi connectivity index (χ0) is 25.1. The number of hydrogen-bond donors (Lipinski definition) is 2. The Labute approximate surface area is 206 Å². The van der Waals surface area contributed by atoms with Crippen LogP contribution in [-0.2, 0) is 9.53 Å². The number of ether oxygens (including phenoxy) is 1. The van der Waals surface area contributed by atoms with Gasteiger partial charge in [-0.15, -0.1) is 0 Å². The smallest absolute Gasteiger partial charge is 0.138 e. The number of allylic oxidation sites excluding steroid dienone is 3. The van der Waals surface area contributed by atoms with Crippen molar-refractivity contribution in [1.82, 2.24) is 0 Å². The van der Waals surface area contributed by atoms with Gasteiger partial charge in [0.15, 0.2) is 0 Å². The van der Waals surface area contributed by atoms with Gasteiger partial charge in [0.2, 0.25) is 0 Å². The molecule has 0 unspecified atom stereocenters. The van der Waals surface area contributed by atoms with Crippen LogP contribution in [0.3, 0.4) is 0 Å². The molecule has 1 saturated heterocycles. The molecule has 4 nitrogen and oxygen atoms in total. The van der Waals surface area contributed by atoms with Gasteiger partial charge in [0, 0.05) is 17.3 Å². The van der Waals surface area contributed by atoms with Crippen LogP contribution in [0.4, 0.5) is 0 Å². The minimum Gasteiger partial charge on any atom is -0.388 e. The average molecular weight is 471 g/mol.